The molecular formula is C13H15Br2N3O. The van der Waals surface area contributed by atoms with Gasteiger partial charge in [0.05, 0.1) is 19.3 Å². The van der Waals surface area contributed by atoms with E-state index in [2.05, 4.69) is 37.0 Å². The van der Waals surface area contributed by atoms with Crippen LogP contribution in [0.25, 0.3) is 0 Å². The summed E-state index contributed by atoms with van der Waals surface area (Å²) in [4.78, 5) is 0. The van der Waals surface area contributed by atoms with Crippen LogP contribution in [0.2, 0.25) is 0 Å². The molecule has 0 radical (unpaired) electrons. The van der Waals surface area contributed by atoms with Crippen molar-refractivity contribution in [2.24, 2.45) is 5.73 Å². The van der Waals surface area contributed by atoms with Gasteiger partial charge in [0.25, 0.3) is 0 Å². The first-order chi connectivity index (χ1) is 9.06. The lowest BCUT2D eigenvalue weighted by atomic mass is 10.0. The molecule has 0 spiro atoms. The van der Waals surface area contributed by atoms with Crippen molar-refractivity contribution in [2.45, 2.75) is 19.5 Å². The molecule has 6 heteroatoms. The Balaban J connectivity index is 2.48. The van der Waals surface area contributed by atoms with E-state index in [1.54, 1.807) is 13.3 Å². The lowest BCUT2D eigenvalue weighted by Gasteiger charge is -2.16. The average Bonchev–Trinajstić information content (AvgIpc) is 2.79. The predicted molar refractivity (Wildman–Crippen MR) is 82.3 cm³/mol. The van der Waals surface area contributed by atoms with Crippen molar-refractivity contribution in [3.63, 3.8) is 0 Å². The van der Waals surface area contributed by atoms with E-state index in [1.165, 1.54) is 0 Å². The second-order valence-corrected chi connectivity index (χ2v) is 5.93. The van der Waals surface area contributed by atoms with Gasteiger partial charge in [-0.2, -0.15) is 5.10 Å². The molecule has 0 fully saturated rings. The predicted octanol–water partition coefficient (Wildman–Crippen LogP) is 3.48. The van der Waals surface area contributed by atoms with Crippen molar-refractivity contribution in [1.82, 2.24) is 9.78 Å². The van der Waals surface area contributed by atoms with Crippen molar-refractivity contribution in [3.8, 4) is 5.75 Å². The van der Waals surface area contributed by atoms with Crippen molar-refractivity contribution < 1.29 is 4.74 Å². The first-order valence-electron chi connectivity index (χ1n) is 5.88. The van der Waals surface area contributed by atoms with Crippen LogP contribution < -0.4 is 10.5 Å². The van der Waals surface area contributed by atoms with Gasteiger partial charge in [-0.05, 0) is 30.7 Å². The topological polar surface area (TPSA) is 53.1 Å². The van der Waals surface area contributed by atoms with Gasteiger partial charge in [-0.3, -0.25) is 4.68 Å². The second kappa shape index (κ2) is 6.07. The number of ether oxygens (including phenoxy) is 1. The number of aromatic nitrogens is 2. The van der Waals surface area contributed by atoms with Crippen LogP contribution in [0, 0.1) is 0 Å². The maximum absolute atomic E-state index is 6.37. The zero-order valence-corrected chi connectivity index (χ0v) is 13.9. The number of nitrogens with two attached hydrogens (primary N) is 1. The van der Waals surface area contributed by atoms with Crippen molar-refractivity contribution in [1.29, 1.82) is 0 Å². The maximum atomic E-state index is 6.37. The van der Waals surface area contributed by atoms with Crippen LogP contribution in [-0.4, -0.2) is 16.9 Å². The zero-order valence-electron chi connectivity index (χ0n) is 10.7. The molecule has 0 aliphatic rings. The van der Waals surface area contributed by atoms with E-state index in [0.29, 0.717) is 5.75 Å². The summed E-state index contributed by atoms with van der Waals surface area (Å²) >= 11 is 6.95. The molecule has 0 aliphatic heterocycles. The molecule has 1 aromatic heterocycles. The molecule has 2 rings (SSSR count). The van der Waals surface area contributed by atoms with Gasteiger partial charge in [-0.15, -0.1) is 0 Å². The van der Waals surface area contributed by atoms with Gasteiger partial charge in [-0.25, -0.2) is 0 Å². The molecule has 2 N–H and O–H groups in total. The molecule has 0 aliphatic carbocycles. The van der Waals surface area contributed by atoms with Crippen LogP contribution >= 0.6 is 31.9 Å². The van der Waals surface area contributed by atoms with E-state index in [1.807, 2.05) is 29.8 Å². The molecule has 0 amide bonds. The highest BCUT2D eigenvalue weighted by Crippen LogP contribution is 2.31. The van der Waals surface area contributed by atoms with Gasteiger partial charge in [0, 0.05) is 15.5 Å². The standard InChI is InChI=1S/C13H15Br2N3O/c1-3-18-13(11(19-2)7-17-18)12(16)8-4-9(14)6-10(15)5-8/h4-7,12H,3,16H2,1-2H3. The zero-order chi connectivity index (χ0) is 14.0. The Morgan fingerprint density at radius 3 is 2.47 bits per heavy atom. The van der Waals surface area contributed by atoms with E-state index in [0.717, 1.165) is 26.7 Å². The summed E-state index contributed by atoms with van der Waals surface area (Å²) in [6.45, 7) is 2.78. The molecule has 4 nitrogen and oxygen atoms in total. The number of hydrogen-bond acceptors (Lipinski definition) is 3. The highest BCUT2D eigenvalue weighted by Gasteiger charge is 2.20. The monoisotopic (exact) mass is 387 g/mol. The lowest BCUT2D eigenvalue weighted by molar-refractivity contribution is 0.404. The fraction of sp³-hybridized carbons (Fsp3) is 0.308. The van der Waals surface area contributed by atoms with Crippen LogP contribution in [0.15, 0.2) is 33.3 Å². The van der Waals surface area contributed by atoms with E-state index >= 15 is 0 Å². The normalized spacial score (nSPS) is 12.5. The third-order valence-electron chi connectivity index (χ3n) is 2.90. The third-order valence-corrected chi connectivity index (χ3v) is 3.82. The van der Waals surface area contributed by atoms with Crippen LogP contribution in [0.5, 0.6) is 5.75 Å². The summed E-state index contributed by atoms with van der Waals surface area (Å²) in [6, 6.07) is 5.69. The summed E-state index contributed by atoms with van der Waals surface area (Å²) in [5.41, 5.74) is 8.25. The third kappa shape index (κ3) is 3.01. The molecule has 19 heavy (non-hydrogen) atoms. The quantitative estimate of drug-likeness (QED) is 0.872. The van der Waals surface area contributed by atoms with E-state index in [4.69, 9.17) is 10.5 Å². The van der Waals surface area contributed by atoms with Gasteiger partial charge in [0.1, 0.15) is 5.69 Å². The molecule has 1 aromatic carbocycles. The molecule has 0 saturated heterocycles. The largest absolute Gasteiger partial charge is 0.493 e. The van der Waals surface area contributed by atoms with Gasteiger partial charge >= 0.3 is 0 Å². The molecule has 1 heterocycles. The summed E-state index contributed by atoms with van der Waals surface area (Å²) in [6.07, 6.45) is 1.70. The Hall–Kier alpha value is -0.850. The lowest BCUT2D eigenvalue weighted by Crippen LogP contribution is -2.18. The summed E-state index contributed by atoms with van der Waals surface area (Å²) < 4.78 is 9.16. The summed E-state index contributed by atoms with van der Waals surface area (Å²) in [5.74, 6) is 0.713. The minimum atomic E-state index is -0.286. The molecular weight excluding hydrogens is 374 g/mol. The Labute approximate surface area is 129 Å². The van der Waals surface area contributed by atoms with Gasteiger partial charge in [0.2, 0.25) is 0 Å². The highest BCUT2D eigenvalue weighted by molar-refractivity contribution is 9.11. The molecule has 1 unspecified atom stereocenters. The van der Waals surface area contributed by atoms with Gasteiger partial charge in [0.15, 0.2) is 5.75 Å². The molecule has 2 aromatic rings. The van der Waals surface area contributed by atoms with Crippen LogP contribution in [-0.2, 0) is 6.54 Å². The Morgan fingerprint density at radius 2 is 1.95 bits per heavy atom. The van der Waals surface area contributed by atoms with Crippen LogP contribution in [0.3, 0.4) is 0 Å². The molecule has 1 atom stereocenters. The van der Waals surface area contributed by atoms with Crippen molar-refractivity contribution >= 4 is 31.9 Å². The smallest absolute Gasteiger partial charge is 0.161 e. The Bertz CT molecular complexity index is 542. The first-order valence-corrected chi connectivity index (χ1v) is 7.46. The average molecular weight is 389 g/mol. The fourth-order valence-corrected chi connectivity index (χ4v) is 3.34. The number of methoxy groups -OCH3 is 1. The second-order valence-electron chi connectivity index (χ2n) is 4.09. The fourth-order valence-electron chi connectivity index (χ4n) is 2.01. The van der Waals surface area contributed by atoms with Gasteiger partial charge in [-0.1, -0.05) is 31.9 Å². The molecule has 102 valence electrons. The van der Waals surface area contributed by atoms with E-state index in [-0.39, 0.29) is 6.04 Å². The number of hydrogen-bond donors (Lipinski definition) is 1. The molecule has 0 bridgehead atoms. The SMILES string of the molecule is CCn1ncc(OC)c1C(N)c1cc(Br)cc(Br)c1. The van der Waals surface area contributed by atoms with Crippen LogP contribution in [0.1, 0.15) is 24.2 Å². The summed E-state index contributed by atoms with van der Waals surface area (Å²) in [7, 11) is 1.63. The Morgan fingerprint density at radius 1 is 1.32 bits per heavy atom. The van der Waals surface area contributed by atoms with E-state index in [9.17, 15) is 0 Å². The number of nitrogens with zero attached hydrogens (tertiary/aromatic N) is 2. The minimum absolute atomic E-state index is 0.286. The Kier molecular flexibility index (Phi) is 4.65. The van der Waals surface area contributed by atoms with Crippen LogP contribution in [0.4, 0.5) is 0 Å². The molecule has 0 saturated carbocycles. The van der Waals surface area contributed by atoms with E-state index < -0.39 is 0 Å². The first kappa shape index (κ1) is 14.6. The summed E-state index contributed by atoms with van der Waals surface area (Å²) in [5, 5.41) is 4.29. The van der Waals surface area contributed by atoms with Crippen molar-refractivity contribution in [2.75, 3.05) is 7.11 Å². The highest BCUT2D eigenvalue weighted by atomic mass is 79.9. The number of aryl methyl sites for hydroxylation is 1. The van der Waals surface area contributed by atoms with Crippen molar-refractivity contribution in [3.05, 3.63) is 44.6 Å². The minimum Gasteiger partial charge on any atom is -0.493 e. The number of halogens is 2. The van der Waals surface area contributed by atoms with Gasteiger partial charge < -0.3 is 10.5 Å². The maximum Gasteiger partial charge on any atom is 0.161 e. The number of rotatable bonds is 4. The number of benzene rings is 1.